The number of hydrogen-bond acceptors (Lipinski definition) is 7. The smallest absolute Gasteiger partial charge is 0.296 e. The number of methoxy groups -OCH3 is 1. The predicted molar refractivity (Wildman–Crippen MR) is 197 cm³/mol. The minimum atomic E-state index is -3.99. The van der Waals surface area contributed by atoms with Gasteiger partial charge in [-0.15, -0.1) is 12.3 Å². The average molecular weight is 705 g/mol. The summed E-state index contributed by atoms with van der Waals surface area (Å²) < 4.78 is 57.7. The summed E-state index contributed by atoms with van der Waals surface area (Å²) in [5, 5.41) is 0.00423. The molecular formula is C37H60O7SSi2. The molecular weight excluding hydrogens is 645 g/mol. The molecule has 0 aliphatic heterocycles. The van der Waals surface area contributed by atoms with Crippen molar-refractivity contribution in [1.29, 1.82) is 0 Å². The highest BCUT2D eigenvalue weighted by molar-refractivity contribution is 7.86. The van der Waals surface area contributed by atoms with E-state index in [-0.39, 0.29) is 33.6 Å². The van der Waals surface area contributed by atoms with Crippen LogP contribution in [-0.2, 0) is 34.5 Å². The molecule has 0 heterocycles. The standard InChI is InChI=1S/C37H60O7SSi2/c1-14-15-31(28-42-45(38,39)34-22-16-29(2)17-23-34)35(44-47(12,13)37(6,7)8)26-33(24-25-43-46(10,11)36(3,4)5)41-27-30-18-20-32(40-9)21-19-30/h1,16-23,31,33,35H,15,24-28H2,2-13H3/t31-,33+,35-/m0/s1. The summed E-state index contributed by atoms with van der Waals surface area (Å²) in [6.07, 6.45) is 6.74. The Morgan fingerprint density at radius 3 is 1.96 bits per heavy atom. The molecule has 0 fully saturated rings. The molecule has 47 heavy (non-hydrogen) atoms. The van der Waals surface area contributed by atoms with Gasteiger partial charge in [-0.1, -0.05) is 71.4 Å². The molecule has 0 aliphatic carbocycles. The topological polar surface area (TPSA) is 80.3 Å². The van der Waals surface area contributed by atoms with Gasteiger partial charge in [0, 0.05) is 18.9 Å². The van der Waals surface area contributed by atoms with Crippen LogP contribution in [0.25, 0.3) is 0 Å². The molecule has 0 saturated heterocycles. The lowest BCUT2D eigenvalue weighted by molar-refractivity contribution is -0.0217. The molecule has 0 saturated carbocycles. The zero-order chi connectivity index (χ0) is 35.7. The number of hydrogen-bond donors (Lipinski definition) is 0. The maximum atomic E-state index is 13.2. The Kier molecular flexibility index (Phi) is 15.0. The normalized spacial score (nSPS) is 15.1. The van der Waals surface area contributed by atoms with Crippen LogP contribution in [0.5, 0.6) is 5.75 Å². The second kappa shape index (κ2) is 17.1. The van der Waals surface area contributed by atoms with Crippen molar-refractivity contribution < 1.29 is 30.9 Å². The Labute approximate surface area is 288 Å². The van der Waals surface area contributed by atoms with E-state index in [4.69, 9.17) is 28.9 Å². The third-order valence-corrected chi connectivity index (χ3v) is 20.1. The number of terminal acetylenes is 1. The highest BCUT2D eigenvalue weighted by atomic mass is 32.2. The van der Waals surface area contributed by atoms with Crippen LogP contribution in [-0.4, -0.2) is 57.6 Å². The first kappa shape index (κ1) is 41.2. The number of ether oxygens (including phenoxy) is 2. The van der Waals surface area contributed by atoms with Crippen molar-refractivity contribution in [2.75, 3.05) is 20.3 Å². The minimum absolute atomic E-state index is 0.0777. The van der Waals surface area contributed by atoms with Gasteiger partial charge in [-0.3, -0.25) is 4.18 Å². The van der Waals surface area contributed by atoms with E-state index in [0.29, 0.717) is 32.5 Å². The van der Waals surface area contributed by atoms with Gasteiger partial charge in [0.25, 0.3) is 10.1 Å². The van der Waals surface area contributed by atoms with Crippen LogP contribution in [0.2, 0.25) is 36.3 Å². The third kappa shape index (κ3) is 12.8. The van der Waals surface area contributed by atoms with Crippen LogP contribution in [0.3, 0.4) is 0 Å². The van der Waals surface area contributed by atoms with E-state index in [2.05, 4.69) is 73.7 Å². The van der Waals surface area contributed by atoms with Gasteiger partial charge in [0.2, 0.25) is 0 Å². The van der Waals surface area contributed by atoms with Crippen molar-refractivity contribution in [2.45, 2.75) is 128 Å². The minimum Gasteiger partial charge on any atom is -0.497 e. The van der Waals surface area contributed by atoms with Crippen molar-refractivity contribution >= 4 is 26.8 Å². The Morgan fingerprint density at radius 1 is 0.872 bits per heavy atom. The molecule has 0 unspecified atom stereocenters. The molecule has 2 aromatic carbocycles. The summed E-state index contributed by atoms with van der Waals surface area (Å²) in [6, 6.07) is 14.5. The quantitative estimate of drug-likeness (QED) is 0.0870. The van der Waals surface area contributed by atoms with Gasteiger partial charge in [-0.25, -0.2) is 0 Å². The maximum absolute atomic E-state index is 13.2. The van der Waals surface area contributed by atoms with Crippen LogP contribution in [0, 0.1) is 25.2 Å². The number of aryl methyl sites for hydroxylation is 1. The molecule has 0 aliphatic rings. The van der Waals surface area contributed by atoms with Crippen molar-refractivity contribution in [2.24, 2.45) is 5.92 Å². The van der Waals surface area contributed by atoms with Gasteiger partial charge in [-0.2, -0.15) is 8.42 Å². The first-order chi connectivity index (χ1) is 21.6. The molecule has 0 amide bonds. The highest BCUT2D eigenvalue weighted by Crippen LogP contribution is 2.40. The van der Waals surface area contributed by atoms with Gasteiger partial charge in [-0.05, 0) is 85.9 Å². The SMILES string of the molecule is C#CC[C@@H](COS(=O)(=O)c1ccc(C)cc1)[C@H](C[C@@H](CCO[Si](C)(C)C(C)(C)C)OCc1ccc(OC)cc1)O[Si](C)(C)C(C)(C)C. The van der Waals surface area contributed by atoms with Crippen LogP contribution >= 0.6 is 0 Å². The molecule has 2 aromatic rings. The fourth-order valence-corrected chi connectivity index (χ4v) is 7.84. The maximum Gasteiger partial charge on any atom is 0.296 e. The van der Waals surface area contributed by atoms with Crippen molar-refractivity contribution in [3.8, 4) is 18.1 Å². The first-order valence-electron chi connectivity index (χ1n) is 16.6. The van der Waals surface area contributed by atoms with Crippen LogP contribution in [0.1, 0.15) is 71.9 Å². The molecule has 0 spiro atoms. The van der Waals surface area contributed by atoms with E-state index in [1.165, 1.54) is 0 Å². The Morgan fingerprint density at radius 2 is 1.45 bits per heavy atom. The molecule has 0 radical (unpaired) electrons. The molecule has 3 atom stereocenters. The second-order valence-electron chi connectivity index (χ2n) is 15.6. The zero-order valence-corrected chi connectivity index (χ0v) is 33.8. The van der Waals surface area contributed by atoms with Gasteiger partial charge in [0.15, 0.2) is 16.6 Å². The van der Waals surface area contributed by atoms with E-state index in [1.54, 1.807) is 31.4 Å². The monoisotopic (exact) mass is 704 g/mol. The predicted octanol–water partition coefficient (Wildman–Crippen LogP) is 9.13. The molecule has 264 valence electrons. The Bertz CT molecular complexity index is 1380. The lowest BCUT2D eigenvalue weighted by Crippen LogP contribution is -2.47. The van der Waals surface area contributed by atoms with Crippen molar-refractivity contribution in [3.05, 3.63) is 59.7 Å². The Balaban J connectivity index is 2.41. The summed E-state index contributed by atoms with van der Waals surface area (Å²) >= 11 is 0. The molecule has 2 rings (SSSR count). The van der Waals surface area contributed by atoms with Gasteiger partial charge < -0.3 is 18.3 Å². The lowest BCUT2D eigenvalue weighted by atomic mass is 9.94. The molecule has 0 N–H and O–H groups in total. The van der Waals surface area contributed by atoms with E-state index in [9.17, 15) is 8.42 Å². The summed E-state index contributed by atoms with van der Waals surface area (Å²) in [5.41, 5.74) is 1.99. The molecule has 7 nitrogen and oxygen atoms in total. The summed E-state index contributed by atoms with van der Waals surface area (Å²) in [4.78, 5) is 0.118. The fourth-order valence-electron chi connectivity index (χ4n) is 4.42. The van der Waals surface area contributed by atoms with Crippen LogP contribution < -0.4 is 4.74 Å². The highest BCUT2D eigenvalue weighted by Gasteiger charge is 2.42. The summed E-state index contributed by atoms with van der Waals surface area (Å²) in [6.45, 7) is 24.9. The van der Waals surface area contributed by atoms with Gasteiger partial charge >= 0.3 is 0 Å². The van der Waals surface area contributed by atoms with Gasteiger partial charge in [0.1, 0.15) is 5.75 Å². The average Bonchev–Trinajstić information content (AvgIpc) is 2.96. The number of benzene rings is 2. The fraction of sp³-hybridized carbons (Fsp3) is 0.622. The largest absolute Gasteiger partial charge is 0.497 e. The van der Waals surface area contributed by atoms with E-state index in [1.807, 2.05) is 31.2 Å². The second-order valence-corrected chi connectivity index (χ2v) is 26.7. The van der Waals surface area contributed by atoms with E-state index >= 15 is 0 Å². The molecule has 10 heteroatoms. The van der Waals surface area contributed by atoms with Crippen LogP contribution in [0.4, 0.5) is 0 Å². The van der Waals surface area contributed by atoms with Crippen LogP contribution in [0.15, 0.2) is 53.4 Å². The zero-order valence-electron chi connectivity index (χ0n) is 30.9. The number of rotatable bonds is 18. The summed E-state index contributed by atoms with van der Waals surface area (Å²) in [5.74, 6) is 3.18. The summed E-state index contributed by atoms with van der Waals surface area (Å²) in [7, 11) is -6.65. The molecule has 0 aromatic heterocycles. The van der Waals surface area contributed by atoms with Gasteiger partial charge in [0.05, 0.1) is 37.4 Å². The first-order valence-corrected chi connectivity index (χ1v) is 23.8. The lowest BCUT2D eigenvalue weighted by Gasteiger charge is -2.42. The third-order valence-electron chi connectivity index (χ3n) is 9.75. The molecule has 0 bridgehead atoms. The Hall–Kier alpha value is -1.98. The van der Waals surface area contributed by atoms with Crippen molar-refractivity contribution in [1.82, 2.24) is 0 Å². The van der Waals surface area contributed by atoms with E-state index in [0.717, 1.165) is 16.9 Å². The van der Waals surface area contributed by atoms with E-state index < -0.39 is 32.9 Å². The van der Waals surface area contributed by atoms with Crippen molar-refractivity contribution in [3.63, 3.8) is 0 Å².